The molecular weight excluding hydrogens is 181 g/mol. The molecule has 0 fully saturated rings. The van der Waals surface area contributed by atoms with Crippen molar-refractivity contribution < 1.29 is 62.0 Å². The molecule has 0 unspecified atom stereocenters. The molecule has 0 atom stereocenters. The minimum Gasteiger partial charge on any atom is 0 e. The monoisotopic (exact) mass is 181 g/mol. The topological polar surface area (TPSA) is 0 Å². The van der Waals surface area contributed by atoms with Crippen LogP contribution in [0.4, 0.5) is 4.70 Å². The molecule has 3 radical (unpaired) electrons. The van der Waals surface area contributed by atoms with Crippen LogP contribution in [0, 0.1) is 0 Å². The van der Waals surface area contributed by atoms with Crippen molar-refractivity contribution in [3.05, 3.63) is 0 Å². The summed E-state index contributed by atoms with van der Waals surface area (Å²) >= 11 is 0. The van der Waals surface area contributed by atoms with Gasteiger partial charge < -0.3 is 0 Å². The molecule has 0 saturated heterocycles. The van der Waals surface area contributed by atoms with Crippen LogP contribution >= 0.6 is 0 Å². The molecule has 0 N–H and O–H groups in total. The molecule has 0 aromatic carbocycles. The van der Waals surface area contributed by atoms with E-state index in [0.29, 0.717) is 0 Å². The molecule has 0 saturated carbocycles. The van der Waals surface area contributed by atoms with E-state index in [4.69, 9.17) is 0 Å². The minimum absolute atomic E-state index is 0. The van der Waals surface area contributed by atoms with E-state index in [1.807, 2.05) is 0 Å². The van der Waals surface area contributed by atoms with E-state index >= 15 is 0 Å². The molecule has 0 aromatic heterocycles. The Morgan fingerprint density at radius 1 is 1.00 bits per heavy atom. The number of rotatable bonds is 0. The van der Waals surface area contributed by atoms with Crippen molar-refractivity contribution in [1.82, 2.24) is 0 Å². The summed E-state index contributed by atoms with van der Waals surface area (Å²) in [6.45, 7) is 0. The number of hydrogen-bond acceptors (Lipinski definition) is 0. The largest absolute Gasteiger partial charge is 0 e. The Balaban J connectivity index is 0. The van der Waals surface area contributed by atoms with Crippen molar-refractivity contribution in [3.63, 3.8) is 0 Å². The zero-order valence-electron chi connectivity index (χ0n) is 2.68. The van der Waals surface area contributed by atoms with Gasteiger partial charge in [0.25, 0.3) is 0 Å². The Hall–Kier alpha value is 2.35. The van der Waals surface area contributed by atoms with Crippen LogP contribution in [0.3, 0.4) is 0 Å². The summed E-state index contributed by atoms with van der Waals surface area (Å²) in [7, 11) is 0. The summed E-state index contributed by atoms with van der Waals surface area (Å²) in [6.07, 6.45) is 0. The molecule has 0 rings (SSSR count). The zero-order chi connectivity index (χ0) is 0. The first-order valence-corrected chi connectivity index (χ1v) is 0. The third kappa shape index (κ3) is 21.8. The maximum absolute atomic E-state index is 0. The van der Waals surface area contributed by atoms with Gasteiger partial charge in [-0.3, -0.25) is 0 Å². The van der Waals surface area contributed by atoms with E-state index in [1.165, 1.54) is 0 Å². The van der Waals surface area contributed by atoms with Crippen LogP contribution in [0.2, 0.25) is 0 Å². The first kappa shape index (κ1) is 53.8. The first-order valence-electron chi connectivity index (χ1n) is 0. The van der Waals surface area contributed by atoms with Crippen LogP contribution in [0.25, 0.3) is 0 Å². The summed E-state index contributed by atoms with van der Waals surface area (Å²) in [5.41, 5.74) is 0. The summed E-state index contributed by atoms with van der Waals surface area (Å²) < 4.78 is 0. The molecule has 0 aromatic rings. The van der Waals surface area contributed by atoms with Crippen LogP contribution in [0.1, 0.15) is 0 Å². The molecule has 25 valence electrons. The van der Waals surface area contributed by atoms with Gasteiger partial charge in [-0.25, -0.2) is 0 Å². The average Bonchev–Trinajstić information content (AvgIpc) is 0. The maximum Gasteiger partial charge on any atom is 0 e. The molecular formula is FFeLiTiV. The summed E-state index contributed by atoms with van der Waals surface area (Å²) in [5, 5.41) is 0. The first-order chi connectivity index (χ1) is 0. The van der Waals surface area contributed by atoms with Crippen LogP contribution < -0.4 is 0 Å². The molecule has 0 aliphatic rings. The smallest absolute Gasteiger partial charge is 0 e. The van der Waals surface area contributed by atoms with Gasteiger partial charge in [0.1, 0.15) is 0 Å². The maximum atomic E-state index is 0. The van der Waals surface area contributed by atoms with Gasteiger partial charge in [-0.05, 0) is 0 Å². The van der Waals surface area contributed by atoms with E-state index in [0.717, 1.165) is 0 Å². The molecule has 5 heteroatoms. The van der Waals surface area contributed by atoms with E-state index < -0.39 is 0 Å². The van der Waals surface area contributed by atoms with Crippen LogP contribution in [-0.4, -0.2) is 18.9 Å². The van der Waals surface area contributed by atoms with Crippen molar-refractivity contribution >= 4 is 18.9 Å². The van der Waals surface area contributed by atoms with E-state index in [2.05, 4.69) is 0 Å². The Bertz CT molecular complexity index is 11.6. The van der Waals surface area contributed by atoms with Gasteiger partial charge in [0.2, 0.25) is 0 Å². The second-order valence-electron chi connectivity index (χ2n) is 0. The van der Waals surface area contributed by atoms with Crippen molar-refractivity contribution in [3.8, 4) is 0 Å². The van der Waals surface area contributed by atoms with E-state index in [1.54, 1.807) is 0 Å². The summed E-state index contributed by atoms with van der Waals surface area (Å²) in [5.74, 6) is 0. The molecule has 0 heterocycles. The van der Waals surface area contributed by atoms with E-state index in [9.17, 15) is 0 Å². The molecule has 0 aliphatic heterocycles. The molecule has 0 aliphatic carbocycles. The third-order valence-electron chi connectivity index (χ3n) is 0. The number of halogens is 1. The van der Waals surface area contributed by atoms with Gasteiger partial charge in [0.15, 0.2) is 0 Å². The predicted octanol–water partition coefficient (Wildman–Crippen LogP) is 0.0319. The van der Waals surface area contributed by atoms with Gasteiger partial charge in [-0.15, -0.1) is 0 Å². The second kappa shape index (κ2) is 33.0. The van der Waals surface area contributed by atoms with Crippen molar-refractivity contribution in [2.75, 3.05) is 0 Å². The summed E-state index contributed by atoms with van der Waals surface area (Å²) in [6, 6.07) is 0. The van der Waals surface area contributed by atoms with Crippen LogP contribution in [-0.2, 0) is 57.3 Å². The van der Waals surface area contributed by atoms with Crippen molar-refractivity contribution in [2.24, 2.45) is 0 Å². The quantitative estimate of drug-likeness (QED) is 0.462. The fraction of sp³-hybridized carbons (Fsp3) is 0. The van der Waals surface area contributed by atoms with Gasteiger partial charge in [0, 0.05) is 80.9 Å². The predicted molar refractivity (Wildman–Crippen MR) is 6.86 cm³/mol. The van der Waals surface area contributed by atoms with Crippen LogP contribution in [0.15, 0.2) is 0 Å². The average molecular weight is 181 g/mol. The van der Waals surface area contributed by atoms with E-state index in [-0.39, 0.29) is 80.9 Å². The molecule has 5 heavy (non-hydrogen) atoms. The normalized spacial score (nSPS) is 0. The molecule has 0 spiro atoms. The van der Waals surface area contributed by atoms with Crippen molar-refractivity contribution in [1.29, 1.82) is 0 Å². The molecule has 0 bridgehead atoms. The fourth-order valence-corrected chi connectivity index (χ4v) is 0. The third-order valence-corrected chi connectivity index (χ3v) is 0. The molecule has 0 nitrogen and oxygen atoms in total. The SMILES string of the molecule is [F].[Fe].[Li].[Ti].[V]. The van der Waals surface area contributed by atoms with Gasteiger partial charge in [0.05, 0.1) is 0 Å². The summed E-state index contributed by atoms with van der Waals surface area (Å²) in [4.78, 5) is 0. The Morgan fingerprint density at radius 2 is 1.00 bits per heavy atom. The fourth-order valence-electron chi connectivity index (χ4n) is 0. The van der Waals surface area contributed by atoms with Gasteiger partial charge >= 0.3 is 0 Å². The van der Waals surface area contributed by atoms with Gasteiger partial charge in [-0.1, -0.05) is 0 Å². The Kier molecular flexibility index (Phi) is 354. The standard InChI is InChI=1S/F.Fe.Li.Ti.V. The van der Waals surface area contributed by atoms with Crippen molar-refractivity contribution in [2.45, 2.75) is 0 Å². The second-order valence-corrected chi connectivity index (χ2v) is 0. The van der Waals surface area contributed by atoms with Gasteiger partial charge in [-0.2, -0.15) is 0 Å². The zero-order valence-corrected chi connectivity index (χ0v) is 6.74. The Labute approximate surface area is 80.0 Å². The molecule has 0 amide bonds. The van der Waals surface area contributed by atoms with Crippen LogP contribution in [0.5, 0.6) is 0 Å². The minimum atomic E-state index is 0. The number of hydrogen-bond donors (Lipinski definition) is 0. The Morgan fingerprint density at radius 3 is 1.00 bits per heavy atom.